The van der Waals surface area contributed by atoms with E-state index < -0.39 is 0 Å². The summed E-state index contributed by atoms with van der Waals surface area (Å²) in [5.74, 6) is 0.759. The van der Waals surface area contributed by atoms with Crippen molar-refractivity contribution in [1.82, 2.24) is 0 Å². The van der Waals surface area contributed by atoms with Crippen LogP contribution >= 0.6 is 0 Å². The van der Waals surface area contributed by atoms with Gasteiger partial charge >= 0.3 is 0 Å². The summed E-state index contributed by atoms with van der Waals surface area (Å²) in [5, 5.41) is 18.3. The van der Waals surface area contributed by atoms with Crippen molar-refractivity contribution < 1.29 is 10.2 Å². The molecular weight excluding hydrogens is 176 g/mol. The molecule has 2 nitrogen and oxygen atoms in total. The molecule has 0 heterocycles. The molecule has 0 bridgehead atoms. The quantitative estimate of drug-likeness (QED) is 0.694. The molecule has 14 heavy (non-hydrogen) atoms. The summed E-state index contributed by atoms with van der Waals surface area (Å²) in [6.45, 7) is 9.12. The Morgan fingerprint density at radius 1 is 1.00 bits per heavy atom. The van der Waals surface area contributed by atoms with Crippen LogP contribution in [0.4, 0.5) is 0 Å². The lowest BCUT2D eigenvalue weighted by Gasteiger charge is -2.30. The minimum Gasteiger partial charge on any atom is -0.396 e. The van der Waals surface area contributed by atoms with E-state index >= 15 is 0 Å². The molecule has 0 rings (SSSR count). The monoisotopic (exact) mass is 202 g/mol. The van der Waals surface area contributed by atoms with Gasteiger partial charge in [-0.15, -0.1) is 0 Å². The van der Waals surface area contributed by atoms with Crippen molar-refractivity contribution in [2.24, 2.45) is 17.3 Å². The predicted molar refractivity (Wildman–Crippen MR) is 60.1 cm³/mol. The smallest absolute Gasteiger partial charge is 0.0464 e. The number of aliphatic hydroxyl groups excluding tert-OH is 2. The lowest BCUT2D eigenvalue weighted by Crippen LogP contribution is -2.24. The first kappa shape index (κ1) is 13.9. The van der Waals surface area contributed by atoms with Gasteiger partial charge in [-0.2, -0.15) is 0 Å². The number of hydrogen-bond acceptors (Lipinski definition) is 2. The molecule has 0 aliphatic rings. The molecule has 0 aromatic carbocycles. The molecule has 0 radical (unpaired) electrons. The third-order valence-corrected chi connectivity index (χ3v) is 3.20. The largest absolute Gasteiger partial charge is 0.396 e. The lowest BCUT2D eigenvalue weighted by atomic mass is 9.77. The van der Waals surface area contributed by atoms with Crippen LogP contribution in [0.2, 0.25) is 0 Å². The van der Waals surface area contributed by atoms with Gasteiger partial charge in [-0.25, -0.2) is 0 Å². The van der Waals surface area contributed by atoms with E-state index in [1.165, 1.54) is 0 Å². The van der Waals surface area contributed by atoms with Crippen molar-refractivity contribution >= 4 is 0 Å². The van der Waals surface area contributed by atoms with E-state index in [0.29, 0.717) is 11.8 Å². The molecule has 2 heteroatoms. The topological polar surface area (TPSA) is 40.5 Å². The Labute approximate surface area is 88.3 Å². The van der Waals surface area contributed by atoms with E-state index in [2.05, 4.69) is 27.7 Å². The maximum atomic E-state index is 9.26. The fraction of sp³-hybridized carbons (Fsp3) is 1.00. The number of rotatable bonds is 6. The molecule has 2 unspecified atom stereocenters. The fourth-order valence-electron chi connectivity index (χ4n) is 1.66. The van der Waals surface area contributed by atoms with E-state index in [-0.39, 0.29) is 18.6 Å². The highest BCUT2D eigenvalue weighted by atomic mass is 16.3. The Balaban J connectivity index is 3.95. The molecule has 0 saturated heterocycles. The van der Waals surface area contributed by atoms with Crippen molar-refractivity contribution in [1.29, 1.82) is 0 Å². The number of aliphatic hydroxyl groups is 2. The average Bonchev–Trinajstić information content (AvgIpc) is 2.10. The van der Waals surface area contributed by atoms with Gasteiger partial charge in [-0.1, -0.05) is 34.1 Å². The van der Waals surface area contributed by atoms with Gasteiger partial charge in [0.1, 0.15) is 0 Å². The first-order valence-corrected chi connectivity index (χ1v) is 5.67. The Kier molecular flexibility index (Phi) is 6.38. The molecular formula is C12H26O2. The van der Waals surface area contributed by atoms with Crippen molar-refractivity contribution in [3.63, 3.8) is 0 Å². The molecule has 0 spiro atoms. The first-order valence-electron chi connectivity index (χ1n) is 5.67. The first-order chi connectivity index (χ1) is 6.45. The second-order valence-electron chi connectivity index (χ2n) is 5.28. The van der Waals surface area contributed by atoms with Crippen LogP contribution in [0.3, 0.4) is 0 Å². The summed E-state index contributed by atoms with van der Waals surface area (Å²) in [4.78, 5) is 0. The van der Waals surface area contributed by atoms with Crippen molar-refractivity contribution in [2.45, 2.75) is 47.0 Å². The summed E-state index contributed by atoms with van der Waals surface area (Å²) >= 11 is 0. The fourth-order valence-corrected chi connectivity index (χ4v) is 1.66. The van der Waals surface area contributed by atoms with Crippen LogP contribution in [-0.4, -0.2) is 23.4 Å². The Hall–Kier alpha value is -0.0800. The van der Waals surface area contributed by atoms with Crippen LogP contribution in [-0.2, 0) is 0 Å². The average molecular weight is 202 g/mol. The molecule has 0 saturated carbocycles. The molecule has 0 aliphatic heterocycles. The highest BCUT2D eigenvalue weighted by molar-refractivity contribution is 4.74. The second kappa shape index (κ2) is 6.41. The third kappa shape index (κ3) is 4.97. The van der Waals surface area contributed by atoms with Gasteiger partial charge in [0.25, 0.3) is 0 Å². The van der Waals surface area contributed by atoms with Crippen LogP contribution in [0, 0.1) is 17.3 Å². The Bertz CT molecular complexity index is 134. The summed E-state index contributed by atoms with van der Waals surface area (Å²) in [7, 11) is 0. The van der Waals surface area contributed by atoms with Crippen LogP contribution < -0.4 is 0 Å². The van der Waals surface area contributed by atoms with Gasteiger partial charge in [-0.3, -0.25) is 0 Å². The van der Waals surface area contributed by atoms with Crippen LogP contribution in [0.25, 0.3) is 0 Å². The molecule has 0 aromatic heterocycles. The second-order valence-corrected chi connectivity index (χ2v) is 5.28. The van der Waals surface area contributed by atoms with Gasteiger partial charge in [0.2, 0.25) is 0 Å². The summed E-state index contributed by atoms with van der Waals surface area (Å²) in [6, 6.07) is 0. The lowest BCUT2D eigenvalue weighted by molar-refractivity contribution is 0.109. The summed E-state index contributed by atoms with van der Waals surface area (Å²) in [6.07, 6.45) is 3.06. The molecule has 0 fully saturated rings. The zero-order valence-corrected chi connectivity index (χ0v) is 10.1. The molecule has 86 valence electrons. The van der Waals surface area contributed by atoms with E-state index in [4.69, 9.17) is 5.11 Å². The van der Waals surface area contributed by atoms with E-state index in [0.717, 1.165) is 19.3 Å². The molecule has 2 N–H and O–H groups in total. The number of hydrogen-bond donors (Lipinski definition) is 2. The standard InChI is InChI=1S/C12H26O2/c1-5-10(8-13)6-7-11(9-14)12(2,3)4/h10-11,13-14H,5-9H2,1-4H3. The van der Waals surface area contributed by atoms with Crippen LogP contribution in [0.1, 0.15) is 47.0 Å². The maximum Gasteiger partial charge on any atom is 0.0464 e. The normalized spacial score (nSPS) is 16.7. The molecule has 0 amide bonds. The summed E-state index contributed by atoms with van der Waals surface area (Å²) < 4.78 is 0. The predicted octanol–water partition coefficient (Wildman–Crippen LogP) is 2.44. The zero-order valence-electron chi connectivity index (χ0n) is 10.1. The van der Waals surface area contributed by atoms with Gasteiger partial charge in [-0.05, 0) is 30.1 Å². The molecule has 0 aromatic rings. The minimum atomic E-state index is 0.169. The summed E-state index contributed by atoms with van der Waals surface area (Å²) in [5.41, 5.74) is 0.169. The Morgan fingerprint density at radius 2 is 1.57 bits per heavy atom. The molecule has 0 aliphatic carbocycles. The van der Waals surface area contributed by atoms with E-state index in [1.807, 2.05) is 0 Å². The van der Waals surface area contributed by atoms with Crippen molar-refractivity contribution in [3.8, 4) is 0 Å². The van der Waals surface area contributed by atoms with Gasteiger partial charge in [0.05, 0.1) is 0 Å². The van der Waals surface area contributed by atoms with Crippen molar-refractivity contribution in [3.05, 3.63) is 0 Å². The van der Waals surface area contributed by atoms with Crippen molar-refractivity contribution in [2.75, 3.05) is 13.2 Å². The van der Waals surface area contributed by atoms with E-state index in [9.17, 15) is 5.11 Å². The van der Waals surface area contributed by atoms with Crippen LogP contribution in [0.15, 0.2) is 0 Å². The zero-order chi connectivity index (χ0) is 11.2. The SMILES string of the molecule is CCC(CO)CCC(CO)C(C)(C)C. The van der Waals surface area contributed by atoms with E-state index in [1.54, 1.807) is 0 Å². The third-order valence-electron chi connectivity index (χ3n) is 3.20. The van der Waals surface area contributed by atoms with Gasteiger partial charge in [0.15, 0.2) is 0 Å². The minimum absolute atomic E-state index is 0.169. The highest BCUT2D eigenvalue weighted by Crippen LogP contribution is 2.30. The van der Waals surface area contributed by atoms with Gasteiger partial charge in [0, 0.05) is 13.2 Å². The Morgan fingerprint density at radius 3 is 1.86 bits per heavy atom. The van der Waals surface area contributed by atoms with Gasteiger partial charge < -0.3 is 10.2 Å². The highest BCUT2D eigenvalue weighted by Gasteiger charge is 2.24. The van der Waals surface area contributed by atoms with Crippen LogP contribution in [0.5, 0.6) is 0 Å². The maximum absolute atomic E-state index is 9.26. The molecule has 2 atom stereocenters.